The number of fused-ring (bicyclic) bond motifs is 1. The number of hydrogen-bond acceptors (Lipinski definition) is 3. The number of amides is 1. The first kappa shape index (κ1) is 16.1. The Morgan fingerprint density at radius 1 is 1.16 bits per heavy atom. The third-order valence-electron chi connectivity index (χ3n) is 4.93. The van der Waals surface area contributed by atoms with Crippen molar-refractivity contribution >= 4 is 11.6 Å². The van der Waals surface area contributed by atoms with Crippen LogP contribution < -0.4 is 15.4 Å². The van der Waals surface area contributed by atoms with E-state index in [-0.39, 0.29) is 17.4 Å². The van der Waals surface area contributed by atoms with Gasteiger partial charge in [-0.25, -0.2) is 4.39 Å². The zero-order valence-electron chi connectivity index (χ0n) is 14.0. The molecular formula is C20H21FN2O2. The van der Waals surface area contributed by atoms with Crippen LogP contribution in [0.25, 0.3) is 0 Å². The molecule has 1 aliphatic carbocycles. The fourth-order valence-electron chi connectivity index (χ4n) is 3.19. The van der Waals surface area contributed by atoms with E-state index in [9.17, 15) is 9.18 Å². The summed E-state index contributed by atoms with van der Waals surface area (Å²) in [4.78, 5) is 12.4. The molecule has 1 saturated carbocycles. The van der Waals surface area contributed by atoms with E-state index < -0.39 is 0 Å². The summed E-state index contributed by atoms with van der Waals surface area (Å²) < 4.78 is 20.4. The molecule has 2 aliphatic rings. The van der Waals surface area contributed by atoms with Gasteiger partial charge in [0.05, 0.1) is 11.8 Å². The van der Waals surface area contributed by atoms with E-state index in [1.165, 1.54) is 6.42 Å². The normalized spacial score (nSPS) is 16.7. The SMILES string of the molecule is O=C(Nc1ccc2c(c1F)CCNC2)c1ccc(OC2CCC2)cc1. The average Bonchev–Trinajstić information content (AvgIpc) is 2.61. The quantitative estimate of drug-likeness (QED) is 0.893. The van der Waals surface area contributed by atoms with Crippen LogP contribution in [0.2, 0.25) is 0 Å². The van der Waals surface area contributed by atoms with E-state index in [1.807, 2.05) is 6.07 Å². The average molecular weight is 340 g/mol. The molecule has 1 amide bonds. The Kier molecular flexibility index (Phi) is 4.40. The van der Waals surface area contributed by atoms with Crippen molar-refractivity contribution in [3.63, 3.8) is 0 Å². The second kappa shape index (κ2) is 6.84. The molecule has 0 atom stereocenters. The number of nitrogens with one attached hydrogen (secondary N) is 2. The van der Waals surface area contributed by atoms with Crippen LogP contribution >= 0.6 is 0 Å². The van der Waals surface area contributed by atoms with Crippen LogP contribution in [0.3, 0.4) is 0 Å². The number of halogens is 1. The predicted octanol–water partition coefficient (Wildman–Crippen LogP) is 3.66. The van der Waals surface area contributed by atoms with Gasteiger partial charge in [0.15, 0.2) is 0 Å². The molecule has 1 heterocycles. The van der Waals surface area contributed by atoms with Gasteiger partial charge in [-0.3, -0.25) is 4.79 Å². The molecule has 0 aromatic heterocycles. The first-order valence-corrected chi connectivity index (χ1v) is 8.80. The molecule has 5 heteroatoms. The number of anilines is 1. The Labute approximate surface area is 146 Å². The summed E-state index contributed by atoms with van der Waals surface area (Å²) in [7, 11) is 0. The van der Waals surface area contributed by atoms with Crippen LogP contribution in [-0.4, -0.2) is 18.6 Å². The third kappa shape index (κ3) is 3.37. The number of carbonyl (C=O) groups is 1. The second-order valence-electron chi connectivity index (χ2n) is 6.64. The minimum absolute atomic E-state index is 0.237. The minimum atomic E-state index is -0.322. The van der Waals surface area contributed by atoms with Crippen LogP contribution in [0, 0.1) is 5.82 Å². The van der Waals surface area contributed by atoms with Gasteiger partial charge >= 0.3 is 0 Å². The highest BCUT2D eigenvalue weighted by atomic mass is 19.1. The molecule has 0 saturated heterocycles. The Hall–Kier alpha value is -2.40. The maximum Gasteiger partial charge on any atom is 0.255 e. The van der Waals surface area contributed by atoms with Crippen LogP contribution in [0.4, 0.5) is 10.1 Å². The van der Waals surface area contributed by atoms with Gasteiger partial charge in [-0.1, -0.05) is 6.07 Å². The van der Waals surface area contributed by atoms with Crippen molar-refractivity contribution in [1.82, 2.24) is 5.32 Å². The molecule has 25 heavy (non-hydrogen) atoms. The fraction of sp³-hybridized carbons (Fsp3) is 0.350. The Balaban J connectivity index is 1.46. The summed E-state index contributed by atoms with van der Waals surface area (Å²) >= 11 is 0. The van der Waals surface area contributed by atoms with Crippen LogP contribution in [0.1, 0.15) is 40.7 Å². The fourth-order valence-corrected chi connectivity index (χ4v) is 3.19. The van der Waals surface area contributed by atoms with Gasteiger partial charge in [-0.2, -0.15) is 0 Å². The lowest BCUT2D eigenvalue weighted by Gasteiger charge is -2.26. The monoisotopic (exact) mass is 340 g/mol. The molecule has 2 aromatic rings. The molecule has 2 N–H and O–H groups in total. The first-order valence-electron chi connectivity index (χ1n) is 8.80. The summed E-state index contributed by atoms with van der Waals surface area (Å²) in [6.45, 7) is 1.42. The molecule has 130 valence electrons. The lowest BCUT2D eigenvalue weighted by Crippen LogP contribution is -2.25. The molecule has 1 fully saturated rings. The molecule has 4 nitrogen and oxygen atoms in total. The summed E-state index contributed by atoms with van der Waals surface area (Å²) in [5, 5.41) is 5.90. The number of rotatable bonds is 4. The van der Waals surface area contributed by atoms with Gasteiger partial charge in [0.25, 0.3) is 5.91 Å². The lowest BCUT2D eigenvalue weighted by atomic mass is 9.96. The summed E-state index contributed by atoms with van der Waals surface area (Å²) in [5.41, 5.74) is 2.38. The maximum absolute atomic E-state index is 14.6. The number of carbonyl (C=O) groups excluding carboxylic acids is 1. The predicted molar refractivity (Wildman–Crippen MR) is 94.5 cm³/mol. The Bertz CT molecular complexity index is 785. The van der Waals surface area contributed by atoms with E-state index >= 15 is 0 Å². The van der Waals surface area contributed by atoms with Gasteiger partial charge in [0.1, 0.15) is 11.6 Å². The molecule has 0 spiro atoms. The van der Waals surface area contributed by atoms with Crippen LogP contribution in [0.5, 0.6) is 5.75 Å². The van der Waals surface area contributed by atoms with Crippen molar-refractivity contribution in [3.8, 4) is 5.75 Å². The molecular weight excluding hydrogens is 319 g/mol. The van der Waals surface area contributed by atoms with Crippen molar-refractivity contribution in [2.24, 2.45) is 0 Å². The first-order chi connectivity index (χ1) is 12.2. The van der Waals surface area contributed by atoms with Gasteiger partial charge in [-0.05, 0) is 73.7 Å². The second-order valence-corrected chi connectivity index (χ2v) is 6.64. The molecule has 2 aromatic carbocycles. The van der Waals surface area contributed by atoms with Crippen molar-refractivity contribution in [1.29, 1.82) is 0 Å². The maximum atomic E-state index is 14.6. The van der Waals surface area contributed by atoms with Gasteiger partial charge < -0.3 is 15.4 Å². The molecule has 0 bridgehead atoms. The Morgan fingerprint density at radius 3 is 2.68 bits per heavy atom. The van der Waals surface area contributed by atoms with Gasteiger partial charge in [-0.15, -0.1) is 0 Å². The van der Waals surface area contributed by atoms with Crippen LogP contribution in [0.15, 0.2) is 36.4 Å². The Morgan fingerprint density at radius 2 is 1.96 bits per heavy atom. The minimum Gasteiger partial charge on any atom is -0.490 e. The standard InChI is InChI=1S/C20H21FN2O2/c21-19-17-10-11-22-12-14(17)6-9-18(19)23-20(24)13-4-7-16(8-5-13)25-15-2-1-3-15/h4-9,15,22H,1-3,10-12H2,(H,23,24). The summed E-state index contributed by atoms with van der Waals surface area (Å²) in [6, 6.07) is 10.5. The van der Waals surface area contributed by atoms with Crippen LogP contribution in [-0.2, 0) is 13.0 Å². The third-order valence-corrected chi connectivity index (χ3v) is 4.93. The van der Waals surface area contributed by atoms with Crippen molar-refractivity contribution in [2.75, 3.05) is 11.9 Å². The molecule has 4 rings (SSSR count). The zero-order chi connectivity index (χ0) is 17.2. The smallest absolute Gasteiger partial charge is 0.255 e. The largest absolute Gasteiger partial charge is 0.490 e. The lowest BCUT2D eigenvalue weighted by molar-refractivity contribution is 0.102. The summed E-state index contributed by atoms with van der Waals surface area (Å²) in [5.74, 6) is 0.133. The topological polar surface area (TPSA) is 50.4 Å². The van der Waals surface area contributed by atoms with E-state index in [4.69, 9.17) is 4.74 Å². The van der Waals surface area contributed by atoms with Crippen molar-refractivity contribution < 1.29 is 13.9 Å². The highest BCUT2D eigenvalue weighted by molar-refractivity contribution is 6.04. The van der Waals surface area contributed by atoms with E-state index in [0.717, 1.165) is 30.7 Å². The number of hydrogen-bond donors (Lipinski definition) is 2. The zero-order valence-corrected chi connectivity index (χ0v) is 14.0. The highest BCUT2D eigenvalue weighted by Crippen LogP contribution is 2.27. The van der Waals surface area contributed by atoms with E-state index in [0.29, 0.717) is 30.2 Å². The number of ether oxygens (including phenoxy) is 1. The summed E-state index contributed by atoms with van der Waals surface area (Å²) in [6.07, 6.45) is 4.34. The molecule has 1 aliphatic heterocycles. The van der Waals surface area contributed by atoms with Crippen molar-refractivity contribution in [2.45, 2.75) is 38.3 Å². The molecule has 0 radical (unpaired) electrons. The number of benzene rings is 2. The van der Waals surface area contributed by atoms with E-state index in [1.54, 1.807) is 30.3 Å². The van der Waals surface area contributed by atoms with Gasteiger partial charge in [0.2, 0.25) is 0 Å². The highest BCUT2D eigenvalue weighted by Gasteiger charge is 2.20. The van der Waals surface area contributed by atoms with Gasteiger partial charge in [0, 0.05) is 12.1 Å². The van der Waals surface area contributed by atoms with E-state index in [2.05, 4.69) is 10.6 Å². The van der Waals surface area contributed by atoms with Crippen molar-refractivity contribution in [3.05, 3.63) is 58.9 Å². The molecule has 0 unspecified atom stereocenters.